The van der Waals surface area contributed by atoms with Gasteiger partial charge >= 0.3 is 0 Å². The van der Waals surface area contributed by atoms with Crippen molar-refractivity contribution in [3.8, 4) is 11.5 Å². The summed E-state index contributed by atoms with van der Waals surface area (Å²) in [5.74, 6) is 2.34. The second kappa shape index (κ2) is 7.50. The molecular formula is C16H26N2O2. The maximum Gasteiger partial charge on any atom is 0.160 e. The molecule has 112 valence electrons. The Bertz CT molecular complexity index is 423. The maximum atomic E-state index is 5.36. The lowest BCUT2D eigenvalue weighted by Crippen LogP contribution is -2.31. The molecule has 0 aromatic heterocycles. The van der Waals surface area contributed by atoms with Crippen molar-refractivity contribution in [2.45, 2.75) is 13.3 Å². The van der Waals surface area contributed by atoms with Crippen molar-refractivity contribution in [3.05, 3.63) is 23.8 Å². The molecule has 0 aliphatic carbocycles. The van der Waals surface area contributed by atoms with E-state index < -0.39 is 0 Å². The Kier molecular flexibility index (Phi) is 5.68. The quantitative estimate of drug-likeness (QED) is 0.890. The predicted molar refractivity (Wildman–Crippen MR) is 81.7 cm³/mol. The number of nitrogens with one attached hydrogen (secondary N) is 1. The molecule has 0 spiro atoms. The summed E-state index contributed by atoms with van der Waals surface area (Å²) >= 11 is 0. The van der Waals surface area contributed by atoms with Gasteiger partial charge in [0.1, 0.15) is 0 Å². The first-order valence-corrected chi connectivity index (χ1v) is 7.37. The van der Waals surface area contributed by atoms with Crippen molar-refractivity contribution >= 4 is 0 Å². The Balaban J connectivity index is 1.92. The van der Waals surface area contributed by atoms with E-state index >= 15 is 0 Å². The third-order valence-corrected chi connectivity index (χ3v) is 3.83. The Morgan fingerprint density at radius 3 is 2.80 bits per heavy atom. The molecule has 1 aromatic carbocycles. The fraction of sp³-hybridized carbons (Fsp3) is 0.625. The SMILES string of the molecule is COc1ccc(CCN2CCNCC(C)C2)cc1OC. The van der Waals surface area contributed by atoms with E-state index in [2.05, 4.69) is 29.3 Å². The number of rotatable bonds is 5. The average Bonchev–Trinajstić information content (AvgIpc) is 2.69. The summed E-state index contributed by atoms with van der Waals surface area (Å²) in [6, 6.07) is 6.19. The molecule has 1 fully saturated rings. The molecule has 0 amide bonds. The summed E-state index contributed by atoms with van der Waals surface area (Å²) in [6.45, 7) is 7.95. The minimum Gasteiger partial charge on any atom is -0.493 e. The standard InChI is InChI=1S/C16H26N2O2/c1-13-11-17-7-9-18(12-13)8-6-14-4-5-15(19-2)16(10-14)20-3/h4-5,10,13,17H,6-9,11-12H2,1-3H3. The lowest BCUT2D eigenvalue weighted by molar-refractivity contribution is 0.268. The second-order valence-electron chi connectivity index (χ2n) is 5.55. The van der Waals surface area contributed by atoms with Crippen LogP contribution in [0.25, 0.3) is 0 Å². The largest absolute Gasteiger partial charge is 0.493 e. The van der Waals surface area contributed by atoms with Crippen LogP contribution in [0.2, 0.25) is 0 Å². The van der Waals surface area contributed by atoms with Crippen molar-refractivity contribution in [3.63, 3.8) is 0 Å². The summed E-state index contributed by atoms with van der Waals surface area (Å²) in [6.07, 6.45) is 1.05. The van der Waals surface area contributed by atoms with Gasteiger partial charge in [-0.2, -0.15) is 0 Å². The van der Waals surface area contributed by atoms with Gasteiger partial charge in [-0.05, 0) is 36.6 Å². The van der Waals surface area contributed by atoms with Crippen LogP contribution in [0.15, 0.2) is 18.2 Å². The van der Waals surface area contributed by atoms with Gasteiger partial charge in [0.2, 0.25) is 0 Å². The number of hydrogen-bond acceptors (Lipinski definition) is 4. The number of ether oxygens (including phenoxy) is 2. The molecule has 0 radical (unpaired) electrons. The molecule has 1 unspecified atom stereocenters. The molecule has 1 N–H and O–H groups in total. The average molecular weight is 278 g/mol. The van der Waals surface area contributed by atoms with Crippen molar-refractivity contribution in [1.82, 2.24) is 10.2 Å². The molecule has 2 rings (SSSR count). The Labute approximate surface area is 122 Å². The Hall–Kier alpha value is -1.26. The van der Waals surface area contributed by atoms with Crippen LogP contribution in [0.1, 0.15) is 12.5 Å². The smallest absolute Gasteiger partial charge is 0.160 e. The molecule has 20 heavy (non-hydrogen) atoms. The molecule has 4 nitrogen and oxygen atoms in total. The first-order chi connectivity index (χ1) is 9.72. The summed E-state index contributed by atoms with van der Waals surface area (Å²) in [7, 11) is 3.35. The van der Waals surface area contributed by atoms with E-state index in [1.807, 2.05) is 6.07 Å². The van der Waals surface area contributed by atoms with E-state index in [4.69, 9.17) is 9.47 Å². The highest BCUT2D eigenvalue weighted by atomic mass is 16.5. The van der Waals surface area contributed by atoms with E-state index in [9.17, 15) is 0 Å². The first kappa shape index (κ1) is 15.1. The molecule has 4 heteroatoms. The molecule has 0 saturated carbocycles. The topological polar surface area (TPSA) is 33.7 Å². The summed E-state index contributed by atoms with van der Waals surface area (Å²) in [5.41, 5.74) is 1.30. The number of nitrogens with zero attached hydrogens (tertiary/aromatic N) is 1. The highest BCUT2D eigenvalue weighted by molar-refractivity contribution is 5.42. The van der Waals surface area contributed by atoms with Crippen LogP contribution in [0.3, 0.4) is 0 Å². The van der Waals surface area contributed by atoms with Crippen LogP contribution in [0, 0.1) is 5.92 Å². The molecule has 1 atom stereocenters. The van der Waals surface area contributed by atoms with Gasteiger partial charge in [-0.3, -0.25) is 0 Å². The maximum absolute atomic E-state index is 5.36. The van der Waals surface area contributed by atoms with E-state index in [0.717, 1.165) is 50.0 Å². The molecule has 1 aromatic rings. The van der Waals surface area contributed by atoms with Crippen molar-refractivity contribution in [1.29, 1.82) is 0 Å². The van der Waals surface area contributed by atoms with Crippen LogP contribution >= 0.6 is 0 Å². The summed E-state index contributed by atoms with van der Waals surface area (Å²) in [5, 5.41) is 3.48. The Morgan fingerprint density at radius 1 is 1.25 bits per heavy atom. The molecule has 1 aliphatic heterocycles. The van der Waals surface area contributed by atoms with Crippen molar-refractivity contribution in [2.75, 3.05) is 46.9 Å². The summed E-state index contributed by atoms with van der Waals surface area (Å²) in [4.78, 5) is 2.54. The van der Waals surface area contributed by atoms with E-state index in [0.29, 0.717) is 0 Å². The minimum atomic E-state index is 0.725. The molecule has 1 heterocycles. The van der Waals surface area contributed by atoms with Crippen LogP contribution in [0.4, 0.5) is 0 Å². The molecule has 1 aliphatic rings. The molecular weight excluding hydrogens is 252 g/mol. The van der Waals surface area contributed by atoms with Gasteiger partial charge in [-0.25, -0.2) is 0 Å². The van der Waals surface area contributed by atoms with E-state index in [1.165, 1.54) is 12.1 Å². The number of methoxy groups -OCH3 is 2. The van der Waals surface area contributed by atoms with Gasteiger partial charge in [-0.1, -0.05) is 13.0 Å². The predicted octanol–water partition coefficient (Wildman–Crippen LogP) is 1.79. The fourth-order valence-corrected chi connectivity index (χ4v) is 2.71. The zero-order chi connectivity index (χ0) is 14.4. The third kappa shape index (κ3) is 4.12. The van der Waals surface area contributed by atoms with Crippen LogP contribution in [-0.4, -0.2) is 51.8 Å². The van der Waals surface area contributed by atoms with E-state index in [1.54, 1.807) is 14.2 Å². The number of benzene rings is 1. The zero-order valence-electron chi connectivity index (χ0n) is 12.8. The Morgan fingerprint density at radius 2 is 2.05 bits per heavy atom. The minimum absolute atomic E-state index is 0.725. The summed E-state index contributed by atoms with van der Waals surface area (Å²) < 4.78 is 10.6. The van der Waals surface area contributed by atoms with Gasteiger partial charge in [0.05, 0.1) is 14.2 Å². The first-order valence-electron chi connectivity index (χ1n) is 7.37. The van der Waals surface area contributed by atoms with Gasteiger partial charge in [0, 0.05) is 26.2 Å². The van der Waals surface area contributed by atoms with Crippen LogP contribution < -0.4 is 14.8 Å². The fourth-order valence-electron chi connectivity index (χ4n) is 2.71. The normalized spacial score (nSPS) is 20.4. The van der Waals surface area contributed by atoms with Gasteiger partial charge in [-0.15, -0.1) is 0 Å². The van der Waals surface area contributed by atoms with Crippen LogP contribution in [0.5, 0.6) is 11.5 Å². The van der Waals surface area contributed by atoms with Crippen molar-refractivity contribution < 1.29 is 9.47 Å². The van der Waals surface area contributed by atoms with Crippen molar-refractivity contribution in [2.24, 2.45) is 5.92 Å². The number of hydrogen-bond donors (Lipinski definition) is 1. The van der Waals surface area contributed by atoms with Crippen LogP contribution in [-0.2, 0) is 6.42 Å². The monoisotopic (exact) mass is 278 g/mol. The third-order valence-electron chi connectivity index (χ3n) is 3.83. The van der Waals surface area contributed by atoms with Gasteiger partial charge in [0.25, 0.3) is 0 Å². The van der Waals surface area contributed by atoms with Gasteiger partial charge < -0.3 is 19.7 Å². The highest BCUT2D eigenvalue weighted by Gasteiger charge is 2.14. The molecule has 1 saturated heterocycles. The zero-order valence-corrected chi connectivity index (χ0v) is 12.8. The second-order valence-corrected chi connectivity index (χ2v) is 5.55. The lowest BCUT2D eigenvalue weighted by Gasteiger charge is -2.22. The molecule has 0 bridgehead atoms. The lowest BCUT2D eigenvalue weighted by atomic mass is 10.1. The highest BCUT2D eigenvalue weighted by Crippen LogP contribution is 2.27. The van der Waals surface area contributed by atoms with Gasteiger partial charge in [0.15, 0.2) is 11.5 Å². The van der Waals surface area contributed by atoms with E-state index in [-0.39, 0.29) is 0 Å².